The summed E-state index contributed by atoms with van der Waals surface area (Å²) in [5, 5.41) is 4.20. The van der Waals surface area contributed by atoms with Gasteiger partial charge in [0.15, 0.2) is 5.13 Å². The van der Waals surface area contributed by atoms with Crippen molar-refractivity contribution in [1.82, 2.24) is 9.97 Å². The fraction of sp³-hybridized carbons (Fsp3) is 0.188. The lowest BCUT2D eigenvalue weighted by atomic mass is 10.1. The topological polar surface area (TPSA) is 54.9 Å². The summed E-state index contributed by atoms with van der Waals surface area (Å²) < 4.78 is 13.0. The molecular weight excluding hydrogens is 333 g/mol. The molecule has 1 aromatic carbocycles. The summed E-state index contributed by atoms with van der Waals surface area (Å²) >= 11 is 2.76. The molecule has 2 heterocycles. The van der Waals surface area contributed by atoms with Gasteiger partial charge in [-0.15, -0.1) is 22.7 Å². The van der Waals surface area contributed by atoms with E-state index in [-0.39, 0.29) is 11.7 Å². The predicted octanol–water partition coefficient (Wildman–Crippen LogP) is 4.58. The molecule has 0 aliphatic heterocycles. The Labute approximate surface area is 141 Å². The monoisotopic (exact) mass is 347 g/mol. The van der Waals surface area contributed by atoms with Crippen LogP contribution in [0.4, 0.5) is 9.52 Å². The Morgan fingerprint density at radius 1 is 1.09 bits per heavy atom. The van der Waals surface area contributed by atoms with Crippen molar-refractivity contribution in [1.29, 1.82) is 0 Å². The van der Waals surface area contributed by atoms with E-state index in [2.05, 4.69) is 15.3 Å². The summed E-state index contributed by atoms with van der Waals surface area (Å²) in [5.74, 6) is -0.487. The highest BCUT2D eigenvalue weighted by molar-refractivity contribution is 7.16. The van der Waals surface area contributed by atoms with E-state index in [1.807, 2.05) is 20.8 Å². The Balaban J connectivity index is 1.85. The number of rotatable bonds is 3. The number of aromatic nitrogens is 2. The molecule has 0 radical (unpaired) electrons. The zero-order chi connectivity index (χ0) is 16.6. The molecule has 1 amide bonds. The van der Waals surface area contributed by atoms with Gasteiger partial charge in [-0.1, -0.05) is 0 Å². The van der Waals surface area contributed by atoms with Gasteiger partial charge in [-0.25, -0.2) is 14.4 Å². The van der Waals surface area contributed by atoms with E-state index >= 15 is 0 Å². The van der Waals surface area contributed by atoms with E-state index in [0.29, 0.717) is 10.0 Å². The quantitative estimate of drug-likeness (QED) is 0.754. The van der Waals surface area contributed by atoms with Gasteiger partial charge in [-0.2, -0.15) is 0 Å². The average Bonchev–Trinajstić information content (AvgIpc) is 3.02. The molecule has 0 saturated carbocycles. The third-order valence-electron chi connectivity index (χ3n) is 3.24. The summed E-state index contributed by atoms with van der Waals surface area (Å²) in [6.45, 7) is 5.61. The lowest BCUT2D eigenvalue weighted by molar-refractivity contribution is 0.103. The third kappa shape index (κ3) is 3.30. The molecule has 2 aromatic heterocycles. The van der Waals surface area contributed by atoms with Gasteiger partial charge in [0.05, 0.1) is 16.4 Å². The molecule has 0 aliphatic rings. The number of thiazole rings is 2. The summed E-state index contributed by atoms with van der Waals surface area (Å²) in [5.41, 5.74) is 2.30. The van der Waals surface area contributed by atoms with E-state index in [1.54, 1.807) is 12.1 Å². The molecule has 3 aromatic rings. The lowest BCUT2D eigenvalue weighted by Crippen LogP contribution is -2.11. The van der Waals surface area contributed by atoms with Gasteiger partial charge in [-0.3, -0.25) is 10.1 Å². The van der Waals surface area contributed by atoms with Crippen LogP contribution in [0.25, 0.3) is 11.3 Å². The number of hydrogen-bond acceptors (Lipinski definition) is 5. The normalized spacial score (nSPS) is 10.8. The molecule has 1 N–H and O–H groups in total. The van der Waals surface area contributed by atoms with Crippen molar-refractivity contribution in [3.63, 3.8) is 0 Å². The SMILES string of the molecule is Cc1nc(C)c(C(=O)Nc2nc(-c3ccc(F)cc3)c(C)s2)s1. The van der Waals surface area contributed by atoms with Crippen LogP contribution in [0.2, 0.25) is 0 Å². The van der Waals surface area contributed by atoms with Crippen molar-refractivity contribution >= 4 is 33.7 Å². The number of nitrogens with zero attached hydrogens (tertiary/aromatic N) is 2. The molecule has 4 nitrogen and oxygen atoms in total. The van der Waals surface area contributed by atoms with Crippen molar-refractivity contribution in [3.8, 4) is 11.3 Å². The number of benzene rings is 1. The zero-order valence-corrected chi connectivity index (χ0v) is 14.4. The number of nitrogens with one attached hydrogen (secondary N) is 1. The minimum Gasteiger partial charge on any atom is -0.297 e. The molecule has 118 valence electrons. The number of carbonyl (C=O) groups excluding carboxylic acids is 1. The van der Waals surface area contributed by atoms with E-state index < -0.39 is 0 Å². The van der Waals surface area contributed by atoms with Crippen LogP contribution in [0, 0.1) is 26.6 Å². The fourth-order valence-electron chi connectivity index (χ4n) is 2.22. The van der Waals surface area contributed by atoms with Crippen LogP contribution in [0.15, 0.2) is 24.3 Å². The molecular formula is C16H14FN3OS2. The van der Waals surface area contributed by atoms with Crippen LogP contribution < -0.4 is 5.32 Å². The van der Waals surface area contributed by atoms with E-state index in [4.69, 9.17) is 0 Å². The predicted molar refractivity (Wildman–Crippen MR) is 91.8 cm³/mol. The average molecular weight is 347 g/mol. The molecule has 0 atom stereocenters. The second kappa shape index (κ2) is 6.17. The largest absolute Gasteiger partial charge is 0.297 e. The Kier molecular flexibility index (Phi) is 4.23. The molecule has 0 saturated heterocycles. The molecule has 7 heteroatoms. The summed E-state index contributed by atoms with van der Waals surface area (Å²) in [6.07, 6.45) is 0. The second-order valence-electron chi connectivity index (χ2n) is 5.03. The van der Waals surface area contributed by atoms with Gasteiger partial charge >= 0.3 is 0 Å². The van der Waals surface area contributed by atoms with Crippen molar-refractivity contribution in [2.75, 3.05) is 5.32 Å². The van der Waals surface area contributed by atoms with Gasteiger partial charge in [0.1, 0.15) is 10.7 Å². The van der Waals surface area contributed by atoms with Gasteiger partial charge < -0.3 is 0 Å². The summed E-state index contributed by atoms with van der Waals surface area (Å²) in [6, 6.07) is 6.16. The highest BCUT2D eigenvalue weighted by atomic mass is 32.1. The number of amides is 1. The zero-order valence-electron chi connectivity index (χ0n) is 12.8. The van der Waals surface area contributed by atoms with Crippen LogP contribution in [-0.2, 0) is 0 Å². The summed E-state index contributed by atoms with van der Waals surface area (Å²) in [4.78, 5) is 22.6. The molecule has 0 unspecified atom stereocenters. The number of hydrogen-bond donors (Lipinski definition) is 1. The second-order valence-corrected chi connectivity index (χ2v) is 7.44. The standard InChI is InChI=1S/C16H14FN3OS2/c1-8-14(23-10(3)18-8)15(21)20-16-19-13(9(2)22-16)11-4-6-12(17)7-5-11/h4-7H,1-3H3,(H,19,20,21). The molecule has 0 spiro atoms. The van der Waals surface area contributed by atoms with Crippen molar-refractivity contribution in [2.24, 2.45) is 0 Å². The number of aryl methyl sites for hydroxylation is 3. The van der Waals surface area contributed by atoms with Crippen molar-refractivity contribution in [3.05, 3.63) is 50.5 Å². The first-order valence-corrected chi connectivity index (χ1v) is 8.56. The Morgan fingerprint density at radius 2 is 1.78 bits per heavy atom. The van der Waals surface area contributed by atoms with E-state index in [0.717, 1.165) is 26.8 Å². The highest BCUT2D eigenvalue weighted by Gasteiger charge is 2.17. The molecule has 23 heavy (non-hydrogen) atoms. The minimum absolute atomic E-state index is 0.201. The maximum atomic E-state index is 13.0. The minimum atomic E-state index is -0.286. The van der Waals surface area contributed by atoms with Crippen LogP contribution in [0.1, 0.15) is 25.3 Å². The smallest absolute Gasteiger partial charge is 0.269 e. The van der Waals surface area contributed by atoms with Crippen LogP contribution in [-0.4, -0.2) is 15.9 Å². The number of carbonyl (C=O) groups is 1. The Bertz CT molecular complexity index is 868. The highest BCUT2D eigenvalue weighted by Crippen LogP contribution is 2.31. The molecule has 0 bridgehead atoms. The van der Waals surface area contributed by atoms with Gasteiger partial charge in [0, 0.05) is 10.4 Å². The Morgan fingerprint density at radius 3 is 2.39 bits per heavy atom. The van der Waals surface area contributed by atoms with Gasteiger partial charge in [0.2, 0.25) is 0 Å². The summed E-state index contributed by atoms with van der Waals surface area (Å²) in [7, 11) is 0. The van der Waals surface area contributed by atoms with Crippen molar-refractivity contribution < 1.29 is 9.18 Å². The first kappa shape index (κ1) is 15.8. The van der Waals surface area contributed by atoms with E-state index in [9.17, 15) is 9.18 Å². The van der Waals surface area contributed by atoms with Gasteiger partial charge in [0.25, 0.3) is 5.91 Å². The number of anilines is 1. The fourth-order valence-corrected chi connectivity index (χ4v) is 3.87. The molecule has 3 rings (SSSR count). The maximum Gasteiger partial charge on any atom is 0.269 e. The molecule has 0 fully saturated rings. The first-order chi connectivity index (χ1) is 10.9. The van der Waals surface area contributed by atoms with Gasteiger partial charge in [-0.05, 0) is 45.0 Å². The van der Waals surface area contributed by atoms with Crippen LogP contribution in [0.3, 0.4) is 0 Å². The van der Waals surface area contributed by atoms with Crippen LogP contribution in [0.5, 0.6) is 0 Å². The van der Waals surface area contributed by atoms with E-state index in [1.165, 1.54) is 34.8 Å². The van der Waals surface area contributed by atoms with Crippen LogP contribution >= 0.6 is 22.7 Å². The lowest BCUT2D eigenvalue weighted by Gasteiger charge is -1.99. The molecule has 0 aliphatic carbocycles. The maximum absolute atomic E-state index is 13.0. The number of halogens is 1. The Hall–Kier alpha value is -2.12. The van der Waals surface area contributed by atoms with Crippen molar-refractivity contribution in [2.45, 2.75) is 20.8 Å². The first-order valence-electron chi connectivity index (χ1n) is 6.93. The third-order valence-corrected chi connectivity index (χ3v) is 5.20.